The Morgan fingerprint density at radius 1 is 0.839 bits per heavy atom. The molecule has 3 atom stereocenters. The summed E-state index contributed by atoms with van der Waals surface area (Å²) in [5, 5.41) is 0. The number of methoxy groups -OCH3 is 3. The highest BCUT2D eigenvalue weighted by Crippen LogP contribution is 2.54. The van der Waals surface area contributed by atoms with Crippen LogP contribution in [0.5, 0.6) is 34.5 Å². The van der Waals surface area contributed by atoms with Gasteiger partial charge in [-0.15, -0.1) is 0 Å². The van der Waals surface area contributed by atoms with Gasteiger partial charge in [0, 0.05) is 54.3 Å². The van der Waals surface area contributed by atoms with Crippen molar-refractivity contribution in [3.05, 3.63) is 35.4 Å². The monoisotopic (exact) mass is 427 g/mol. The second-order valence-corrected chi connectivity index (χ2v) is 8.28. The van der Waals surface area contributed by atoms with Gasteiger partial charge in [-0.2, -0.15) is 0 Å². The van der Waals surface area contributed by atoms with Crippen molar-refractivity contribution in [2.75, 3.05) is 41.2 Å². The van der Waals surface area contributed by atoms with Crippen LogP contribution in [0.1, 0.15) is 36.8 Å². The Balaban J connectivity index is 1.70. The molecule has 0 radical (unpaired) electrons. The first kappa shape index (κ1) is 20.1. The number of benzene rings is 2. The topological polar surface area (TPSA) is 58.6 Å². The molecule has 3 heterocycles. The predicted octanol–water partition coefficient (Wildman–Crippen LogP) is 4.02. The number of ether oxygens (including phenoxy) is 6. The summed E-state index contributed by atoms with van der Waals surface area (Å²) < 4.78 is 35.0. The molecule has 0 spiro atoms. The molecule has 2 aromatic rings. The lowest BCUT2D eigenvalue weighted by Gasteiger charge is -2.42. The largest absolute Gasteiger partial charge is 0.496 e. The first-order valence-electron chi connectivity index (χ1n) is 10.8. The van der Waals surface area contributed by atoms with E-state index in [2.05, 4.69) is 11.8 Å². The lowest BCUT2D eigenvalue weighted by atomic mass is 9.77. The van der Waals surface area contributed by atoms with Crippen molar-refractivity contribution in [3.8, 4) is 34.5 Å². The minimum Gasteiger partial charge on any atom is -0.496 e. The number of hydrogen-bond donors (Lipinski definition) is 0. The quantitative estimate of drug-likeness (QED) is 0.714. The molecular formula is C24H29NO6. The normalized spacial score (nSPS) is 24.5. The average Bonchev–Trinajstić information content (AvgIpc) is 3.48. The van der Waals surface area contributed by atoms with Gasteiger partial charge in [-0.3, -0.25) is 4.90 Å². The van der Waals surface area contributed by atoms with Gasteiger partial charge in [0.1, 0.15) is 23.0 Å². The van der Waals surface area contributed by atoms with Crippen LogP contribution < -0.4 is 28.4 Å². The van der Waals surface area contributed by atoms with E-state index in [0.29, 0.717) is 5.75 Å². The van der Waals surface area contributed by atoms with Gasteiger partial charge in [-0.1, -0.05) is 6.92 Å². The molecule has 0 aromatic heterocycles. The smallest absolute Gasteiger partial charge is 0.231 e. The summed E-state index contributed by atoms with van der Waals surface area (Å²) in [5.41, 5.74) is 2.04. The lowest BCUT2D eigenvalue weighted by Crippen LogP contribution is -2.47. The molecule has 3 aliphatic rings. The Morgan fingerprint density at radius 2 is 1.48 bits per heavy atom. The molecule has 166 valence electrons. The molecule has 0 aliphatic carbocycles. The van der Waals surface area contributed by atoms with Gasteiger partial charge in [0.15, 0.2) is 17.7 Å². The van der Waals surface area contributed by atoms with Gasteiger partial charge >= 0.3 is 0 Å². The zero-order chi connectivity index (χ0) is 21.5. The van der Waals surface area contributed by atoms with Crippen LogP contribution in [0, 0.1) is 5.92 Å². The van der Waals surface area contributed by atoms with Crippen molar-refractivity contribution in [3.63, 3.8) is 0 Å². The molecule has 0 N–H and O–H groups in total. The van der Waals surface area contributed by atoms with Crippen LogP contribution >= 0.6 is 0 Å². The first-order valence-corrected chi connectivity index (χ1v) is 10.8. The maximum atomic E-state index is 6.58. The fourth-order valence-corrected chi connectivity index (χ4v) is 5.13. The minimum absolute atomic E-state index is 0.0142. The molecule has 31 heavy (non-hydrogen) atoms. The molecule has 0 saturated carbocycles. The van der Waals surface area contributed by atoms with Crippen molar-refractivity contribution in [2.45, 2.75) is 31.9 Å². The van der Waals surface area contributed by atoms with Gasteiger partial charge in [-0.25, -0.2) is 0 Å². The standard InChI is InChI=1S/C24H29NO6/c1-14-22(23-20(27-3)9-15(26-2)10-21(23)28-4)16-11-18-19(30-13-29-18)12-17(16)31-24(14)25-7-5-6-8-25/h9-12,14,22,24H,5-8,13H2,1-4H3/t14-,22-,24-/m0/s1. The number of fused-ring (bicyclic) bond motifs is 2. The third kappa shape index (κ3) is 3.31. The minimum atomic E-state index is -0.0446. The maximum absolute atomic E-state index is 6.58. The van der Waals surface area contributed by atoms with Crippen molar-refractivity contribution in [2.24, 2.45) is 5.92 Å². The molecule has 2 aromatic carbocycles. The van der Waals surface area contributed by atoms with Gasteiger partial charge in [-0.05, 0) is 18.9 Å². The van der Waals surface area contributed by atoms with Crippen LogP contribution in [0.15, 0.2) is 24.3 Å². The summed E-state index contributed by atoms with van der Waals surface area (Å²) >= 11 is 0. The van der Waals surface area contributed by atoms with Gasteiger partial charge in [0.2, 0.25) is 6.79 Å². The highest BCUT2D eigenvalue weighted by atomic mass is 16.7. The fraction of sp³-hybridized carbons (Fsp3) is 0.500. The zero-order valence-electron chi connectivity index (χ0n) is 18.5. The summed E-state index contributed by atoms with van der Waals surface area (Å²) in [6.45, 7) is 4.55. The van der Waals surface area contributed by atoms with Gasteiger partial charge < -0.3 is 28.4 Å². The van der Waals surface area contributed by atoms with E-state index in [4.69, 9.17) is 28.4 Å². The van der Waals surface area contributed by atoms with E-state index in [0.717, 1.165) is 53.0 Å². The van der Waals surface area contributed by atoms with Crippen molar-refractivity contribution in [1.82, 2.24) is 4.90 Å². The lowest BCUT2D eigenvalue weighted by molar-refractivity contribution is -0.0182. The number of hydrogen-bond acceptors (Lipinski definition) is 7. The molecule has 3 aliphatic heterocycles. The summed E-state index contributed by atoms with van der Waals surface area (Å²) in [7, 11) is 5.00. The SMILES string of the molecule is COc1cc(OC)c([C@@H]2c3cc4c(cc3O[C@H](N3CCCC3)[C@H]2C)OCO4)c(OC)c1. The van der Waals surface area contributed by atoms with Crippen LogP contribution in [-0.2, 0) is 0 Å². The highest BCUT2D eigenvalue weighted by Gasteiger charge is 2.43. The molecule has 1 fully saturated rings. The van der Waals surface area contributed by atoms with E-state index in [1.165, 1.54) is 12.8 Å². The number of rotatable bonds is 5. The van der Waals surface area contributed by atoms with E-state index in [1.54, 1.807) is 21.3 Å². The number of nitrogens with zero attached hydrogens (tertiary/aromatic N) is 1. The van der Waals surface area contributed by atoms with Crippen LogP contribution in [0.2, 0.25) is 0 Å². The predicted molar refractivity (Wildman–Crippen MR) is 115 cm³/mol. The molecule has 5 rings (SSSR count). The Kier molecular flexibility index (Phi) is 5.22. The van der Waals surface area contributed by atoms with E-state index in [-0.39, 0.29) is 24.9 Å². The summed E-state index contributed by atoms with van der Waals surface area (Å²) in [6, 6.07) is 7.83. The number of likely N-dealkylation sites (tertiary alicyclic amines) is 1. The van der Waals surface area contributed by atoms with E-state index in [1.807, 2.05) is 24.3 Å². The summed E-state index contributed by atoms with van der Waals surface area (Å²) in [5.74, 6) is 4.59. The molecule has 1 saturated heterocycles. The van der Waals surface area contributed by atoms with Crippen LogP contribution in [-0.4, -0.2) is 52.3 Å². The Labute approximate surface area is 182 Å². The second kappa shape index (κ2) is 8.04. The molecule has 0 bridgehead atoms. The second-order valence-electron chi connectivity index (χ2n) is 8.28. The fourth-order valence-electron chi connectivity index (χ4n) is 5.13. The molecule has 7 nitrogen and oxygen atoms in total. The van der Waals surface area contributed by atoms with Crippen molar-refractivity contribution < 1.29 is 28.4 Å². The van der Waals surface area contributed by atoms with Crippen LogP contribution in [0.25, 0.3) is 0 Å². The molecule has 7 heteroatoms. The van der Waals surface area contributed by atoms with E-state index < -0.39 is 0 Å². The Bertz CT molecular complexity index is 946. The summed E-state index contributed by atoms with van der Waals surface area (Å²) in [6.07, 6.45) is 2.35. The maximum Gasteiger partial charge on any atom is 0.231 e. The van der Waals surface area contributed by atoms with Crippen molar-refractivity contribution in [1.29, 1.82) is 0 Å². The third-order valence-corrected chi connectivity index (χ3v) is 6.63. The van der Waals surface area contributed by atoms with Gasteiger partial charge in [0.05, 0.1) is 21.3 Å². The van der Waals surface area contributed by atoms with Crippen LogP contribution in [0.4, 0.5) is 0 Å². The highest BCUT2D eigenvalue weighted by molar-refractivity contribution is 5.61. The molecular weight excluding hydrogens is 398 g/mol. The zero-order valence-corrected chi connectivity index (χ0v) is 18.5. The Morgan fingerprint density at radius 3 is 2.10 bits per heavy atom. The van der Waals surface area contributed by atoms with E-state index >= 15 is 0 Å². The Hall–Kier alpha value is -2.80. The first-order chi connectivity index (χ1) is 15.1. The average molecular weight is 427 g/mol. The summed E-state index contributed by atoms with van der Waals surface area (Å²) in [4.78, 5) is 2.44. The van der Waals surface area contributed by atoms with Crippen molar-refractivity contribution >= 4 is 0 Å². The molecule has 0 amide bonds. The molecule has 0 unspecified atom stereocenters. The van der Waals surface area contributed by atoms with Gasteiger partial charge in [0.25, 0.3) is 0 Å². The van der Waals surface area contributed by atoms with E-state index in [9.17, 15) is 0 Å². The van der Waals surface area contributed by atoms with Crippen LogP contribution in [0.3, 0.4) is 0 Å². The third-order valence-electron chi connectivity index (χ3n) is 6.63.